The zero-order chi connectivity index (χ0) is 13.1. The van der Waals surface area contributed by atoms with Crippen molar-refractivity contribution in [1.29, 1.82) is 0 Å². The Morgan fingerprint density at radius 3 is 2.78 bits per heavy atom. The maximum atomic E-state index is 12.3. The molecule has 104 valence electrons. The molecule has 0 aromatic heterocycles. The molecule has 4 heteroatoms. The number of rotatable bonds is 7. The molecular formula is C14H27N3O. The monoisotopic (exact) mass is 253 g/mol. The van der Waals surface area contributed by atoms with Gasteiger partial charge in [0.25, 0.3) is 0 Å². The summed E-state index contributed by atoms with van der Waals surface area (Å²) in [5.74, 6) is 0.306. The Labute approximate surface area is 111 Å². The van der Waals surface area contributed by atoms with Gasteiger partial charge in [-0.3, -0.25) is 10.1 Å². The summed E-state index contributed by atoms with van der Waals surface area (Å²) < 4.78 is 0. The predicted molar refractivity (Wildman–Crippen MR) is 73.3 cm³/mol. The van der Waals surface area contributed by atoms with Crippen LogP contribution in [0, 0.1) is 0 Å². The summed E-state index contributed by atoms with van der Waals surface area (Å²) in [5.41, 5.74) is 0. The van der Waals surface area contributed by atoms with Crippen LogP contribution in [0.3, 0.4) is 0 Å². The number of hydrogen-bond donors (Lipinski definition) is 1. The van der Waals surface area contributed by atoms with Gasteiger partial charge in [0.05, 0.1) is 12.2 Å². The Morgan fingerprint density at radius 2 is 2.17 bits per heavy atom. The van der Waals surface area contributed by atoms with Crippen molar-refractivity contribution in [2.24, 2.45) is 0 Å². The van der Waals surface area contributed by atoms with Crippen LogP contribution in [0.25, 0.3) is 0 Å². The molecule has 0 spiro atoms. The quantitative estimate of drug-likeness (QED) is 0.745. The topological polar surface area (TPSA) is 35.6 Å². The van der Waals surface area contributed by atoms with Gasteiger partial charge in [-0.05, 0) is 33.2 Å². The molecule has 2 rings (SSSR count). The number of hydrogen-bond acceptors (Lipinski definition) is 3. The Bertz CT molecular complexity index is 291. The molecule has 0 radical (unpaired) electrons. The lowest BCUT2D eigenvalue weighted by Crippen LogP contribution is -2.40. The molecule has 0 aromatic carbocycles. The number of carbonyl (C=O) groups excluding carboxylic acids is 1. The summed E-state index contributed by atoms with van der Waals surface area (Å²) in [6.07, 6.45) is 6.13. The van der Waals surface area contributed by atoms with Crippen LogP contribution in [0.4, 0.5) is 0 Å². The van der Waals surface area contributed by atoms with E-state index in [-0.39, 0.29) is 12.2 Å². The lowest BCUT2D eigenvalue weighted by atomic mass is 10.1. The molecule has 1 aliphatic carbocycles. The van der Waals surface area contributed by atoms with Crippen molar-refractivity contribution in [1.82, 2.24) is 15.1 Å². The molecule has 4 nitrogen and oxygen atoms in total. The standard InChI is InChI=1S/C14H27N3O/c1-4-5-6-13-14(18)17(11(2)15-13)10-9-16(3)12-7-8-12/h11-13,15H,4-10H2,1-3H3. The second-order valence-corrected chi connectivity index (χ2v) is 5.78. The van der Waals surface area contributed by atoms with Crippen LogP contribution < -0.4 is 5.32 Å². The molecule has 2 aliphatic rings. The molecule has 18 heavy (non-hydrogen) atoms. The van der Waals surface area contributed by atoms with Crippen LogP contribution in [0.5, 0.6) is 0 Å². The molecule has 2 unspecified atom stereocenters. The van der Waals surface area contributed by atoms with Crippen molar-refractivity contribution in [3.05, 3.63) is 0 Å². The van der Waals surface area contributed by atoms with Crippen molar-refractivity contribution >= 4 is 5.91 Å². The lowest BCUT2D eigenvalue weighted by Gasteiger charge is -2.24. The van der Waals surface area contributed by atoms with Crippen LogP contribution in [0.2, 0.25) is 0 Å². The highest BCUT2D eigenvalue weighted by Crippen LogP contribution is 2.25. The van der Waals surface area contributed by atoms with E-state index in [0.29, 0.717) is 5.91 Å². The SMILES string of the molecule is CCCCC1NC(C)N(CCN(C)C2CC2)C1=O. The van der Waals surface area contributed by atoms with Gasteiger partial charge in [-0.2, -0.15) is 0 Å². The minimum atomic E-state index is 0.0613. The molecule has 2 atom stereocenters. The van der Waals surface area contributed by atoms with E-state index < -0.39 is 0 Å². The first-order chi connectivity index (χ1) is 8.63. The van der Waals surface area contributed by atoms with Gasteiger partial charge in [0.1, 0.15) is 0 Å². The molecule has 1 heterocycles. The van der Waals surface area contributed by atoms with Crippen LogP contribution in [-0.2, 0) is 4.79 Å². The molecular weight excluding hydrogens is 226 g/mol. The van der Waals surface area contributed by atoms with E-state index in [9.17, 15) is 4.79 Å². The summed E-state index contributed by atoms with van der Waals surface area (Å²) >= 11 is 0. The van der Waals surface area contributed by atoms with E-state index >= 15 is 0 Å². The van der Waals surface area contributed by atoms with Crippen molar-refractivity contribution in [2.45, 2.75) is 64.2 Å². The number of unbranched alkanes of at least 4 members (excludes halogenated alkanes) is 1. The number of likely N-dealkylation sites (N-methyl/N-ethyl adjacent to an activating group) is 1. The smallest absolute Gasteiger partial charge is 0.241 e. The normalized spacial score (nSPS) is 28.4. The van der Waals surface area contributed by atoms with Crippen molar-refractivity contribution < 1.29 is 4.79 Å². The minimum absolute atomic E-state index is 0.0613. The van der Waals surface area contributed by atoms with Gasteiger partial charge in [0.2, 0.25) is 5.91 Å². The van der Waals surface area contributed by atoms with Crippen LogP contribution >= 0.6 is 0 Å². The average molecular weight is 253 g/mol. The maximum absolute atomic E-state index is 12.3. The van der Waals surface area contributed by atoms with Crippen LogP contribution in [0.15, 0.2) is 0 Å². The summed E-state index contributed by atoms with van der Waals surface area (Å²) in [4.78, 5) is 16.7. The predicted octanol–water partition coefficient (Wildman–Crippen LogP) is 1.42. The first kappa shape index (κ1) is 13.8. The first-order valence-corrected chi connectivity index (χ1v) is 7.40. The summed E-state index contributed by atoms with van der Waals surface area (Å²) in [6, 6.07) is 0.841. The van der Waals surface area contributed by atoms with Crippen molar-refractivity contribution in [3.8, 4) is 0 Å². The molecule has 1 saturated carbocycles. The summed E-state index contributed by atoms with van der Waals surface area (Å²) in [6.45, 7) is 6.14. The highest BCUT2D eigenvalue weighted by Gasteiger charge is 2.36. The van der Waals surface area contributed by atoms with E-state index in [2.05, 4.69) is 31.1 Å². The van der Waals surface area contributed by atoms with Gasteiger partial charge >= 0.3 is 0 Å². The highest BCUT2D eigenvalue weighted by molar-refractivity contribution is 5.84. The summed E-state index contributed by atoms with van der Waals surface area (Å²) in [5, 5.41) is 3.41. The van der Waals surface area contributed by atoms with Crippen molar-refractivity contribution in [2.75, 3.05) is 20.1 Å². The van der Waals surface area contributed by atoms with E-state index in [4.69, 9.17) is 0 Å². The van der Waals surface area contributed by atoms with E-state index in [1.807, 2.05) is 4.90 Å². The van der Waals surface area contributed by atoms with Gasteiger partial charge in [0, 0.05) is 19.1 Å². The molecule has 1 aliphatic heterocycles. The van der Waals surface area contributed by atoms with E-state index in [1.54, 1.807) is 0 Å². The number of nitrogens with one attached hydrogen (secondary N) is 1. The van der Waals surface area contributed by atoms with Gasteiger partial charge in [0.15, 0.2) is 0 Å². The fourth-order valence-electron chi connectivity index (χ4n) is 2.73. The number of amides is 1. The molecule has 1 N–H and O–H groups in total. The van der Waals surface area contributed by atoms with Crippen LogP contribution in [-0.4, -0.2) is 54.1 Å². The Kier molecular flexibility index (Phi) is 4.62. The van der Waals surface area contributed by atoms with Gasteiger partial charge < -0.3 is 9.80 Å². The third-order valence-electron chi connectivity index (χ3n) is 4.20. The van der Waals surface area contributed by atoms with E-state index in [1.165, 1.54) is 12.8 Å². The van der Waals surface area contributed by atoms with Gasteiger partial charge in [-0.25, -0.2) is 0 Å². The average Bonchev–Trinajstić information content (AvgIpc) is 3.14. The second kappa shape index (κ2) is 6.02. The Balaban J connectivity index is 1.78. The molecule has 1 amide bonds. The van der Waals surface area contributed by atoms with Crippen molar-refractivity contribution in [3.63, 3.8) is 0 Å². The summed E-state index contributed by atoms with van der Waals surface area (Å²) in [7, 11) is 2.17. The van der Waals surface area contributed by atoms with Gasteiger partial charge in [-0.1, -0.05) is 19.8 Å². The third kappa shape index (κ3) is 3.23. The molecule has 0 bridgehead atoms. The largest absolute Gasteiger partial charge is 0.325 e. The zero-order valence-corrected chi connectivity index (χ0v) is 12.0. The molecule has 2 fully saturated rings. The zero-order valence-electron chi connectivity index (χ0n) is 12.0. The second-order valence-electron chi connectivity index (χ2n) is 5.78. The molecule has 0 aromatic rings. The minimum Gasteiger partial charge on any atom is -0.325 e. The first-order valence-electron chi connectivity index (χ1n) is 7.40. The van der Waals surface area contributed by atoms with E-state index in [0.717, 1.165) is 38.4 Å². The third-order valence-corrected chi connectivity index (χ3v) is 4.20. The fraction of sp³-hybridized carbons (Fsp3) is 0.929. The highest BCUT2D eigenvalue weighted by atomic mass is 16.2. The number of nitrogens with zero attached hydrogens (tertiary/aromatic N) is 2. The maximum Gasteiger partial charge on any atom is 0.241 e. The lowest BCUT2D eigenvalue weighted by molar-refractivity contribution is -0.130. The Morgan fingerprint density at radius 1 is 1.44 bits per heavy atom. The van der Waals surface area contributed by atoms with Crippen LogP contribution in [0.1, 0.15) is 46.0 Å². The molecule has 1 saturated heterocycles. The fourth-order valence-corrected chi connectivity index (χ4v) is 2.73. The van der Waals surface area contributed by atoms with Gasteiger partial charge in [-0.15, -0.1) is 0 Å². The Hall–Kier alpha value is -0.610. The number of carbonyl (C=O) groups is 1.